The van der Waals surface area contributed by atoms with Crippen molar-refractivity contribution in [2.75, 3.05) is 20.8 Å². The number of rotatable bonds is 6. The minimum absolute atomic E-state index is 0.119. The fraction of sp³-hybridized carbons (Fsp3) is 0.135. The van der Waals surface area contributed by atoms with Crippen molar-refractivity contribution in [2.45, 2.75) is 11.8 Å². The molecule has 2 atom stereocenters. The van der Waals surface area contributed by atoms with Gasteiger partial charge in [0, 0.05) is 40.7 Å². The van der Waals surface area contributed by atoms with E-state index in [0.29, 0.717) is 23.9 Å². The predicted octanol–water partition coefficient (Wildman–Crippen LogP) is 8.24. The molecule has 214 valence electrons. The van der Waals surface area contributed by atoms with E-state index >= 15 is 0 Å². The molecule has 0 fully saturated rings. The Balaban J connectivity index is 1.60. The molecule has 43 heavy (non-hydrogen) atoms. The first kappa shape index (κ1) is 26.5. The summed E-state index contributed by atoms with van der Waals surface area (Å²) in [5.41, 5.74) is 7.96. The second-order valence-corrected chi connectivity index (χ2v) is 10.8. The summed E-state index contributed by atoms with van der Waals surface area (Å²) in [4.78, 5) is 3.83. The maximum atomic E-state index is 10.3. The number of fused-ring (bicyclic) bond motifs is 2. The number of aromatic nitrogens is 1. The lowest BCUT2D eigenvalue weighted by atomic mass is 9.74. The van der Waals surface area contributed by atoms with E-state index < -0.39 is 0 Å². The van der Waals surface area contributed by atoms with Crippen LogP contribution in [0.5, 0.6) is 28.7 Å². The number of nitrogens with one attached hydrogen (secondary N) is 1. The van der Waals surface area contributed by atoms with Gasteiger partial charge < -0.3 is 29.4 Å². The number of phenols is 2. The molecule has 6 nitrogen and oxygen atoms in total. The molecule has 0 aliphatic carbocycles. The Morgan fingerprint density at radius 2 is 1.37 bits per heavy atom. The zero-order valence-corrected chi connectivity index (χ0v) is 23.9. The molecule has 0 saturated heterocycles. The summed E-state index contributed by atoms with van der Waals surface area (Å²) in [5.74, 6) is 2.02. The third-order valence-corrected chi connectivity index (χ3v) is 8.39. The molecule has 1 aliphatic heterocycles. The Bertz CT molecular complexity index is 1910. The van der Waals surface area contributed by atoms with Crippen molar-refractivity contribution in [3.63, 3.8) is 0 Å². The second kappa shape index (κ2) is 10.8. The Labute approximate surface area is 249 Å². The molecule has 1 aromatic heterocycles. The van der Waals surface area contributed by atoms with Gasteiger partial charge in [-0.3, -0.25) is 0 Å². The van der Waals surface area contributed by atoms with Gasteiger partial charge in [-0.15, -0.1) is 0 Å². The van der Waals surface area contributed by atoms with Gasteiger partial charge >= 0.3 is 0 Å². The first-order valence-corrected chi connectivity index (χ1v) is 14.2. The number of methoxy groups -OCH3 is 2. The predicted molar refractivity (Wildman–Crippen MR) is 169 cm³/mol. The molecule has 0 bridgehead atoms. The van der Waals surface area contributed by atoms with Crippen LogP contribution in [0.25, 0.3) is 33.3 Å². The van der Waals surface area contributed by atoms with Crippen LogP contribution in [0.4, 0.5) is 0 Å². The summed E-state index contributed by atoms with van der Waals surface area (Å²) in [6.45, 7) is 0.375. The largest absolute Gasteiger partial charge is 0.508 e. The van der Waals surface area contributed by atoms with Crippen LogP contribution in [0.2, 0.25) is 0 Å². The Kier molecular flexibility index (Phi) is 6.67. The van der Waals surface area contributed by atoms with E-state index in [1.165, 1.54) is 0 Å². The quantitative estimate of drug-likeness (QED) is 0.188. The fourth-order valence-electron chi connectivity index (χ4n) is 6.46. The molecule has 7 rings (SSSR count). The zero-order valence-electron chi connectivity index (χ0n) is 23.9. The lowest BCUT2D eigenvalue weighted by molar-refractivity contribution is 0.246. The highest BCUT2D eigenvalue weighted by molar-refractivity contribution is 6.09. The number of phenolic OH excluding ortho intramolecular Hbond substituents is 2. The summed E-state index contributed by atoms with van der Waals surface area (Å²) < 4.78 is 18.4. The van der Waals surface area contributed by atoms with Gasteiger partial charge in [0.05, 0.1) is 37.4 Å². The van der Waals surface area contributed by atoms with E-state index in [2.05, 4.69) is 29.2 Å². The lowest BCUT2D eigenvalue weighted by Crippen LogP contribution is -2.26. The number of ether oxygens (including phenoxy) is 3. The van der Waals surface area contributed by atoms with E-state index in [4.69, 9.17) is 14.2 Å². The van der Waals surface area contributed by atoms with Crippen LogP contribution in [0.1, 0.15) is 28.5 Å². The number of aromatic hydroxyl groups is 2. The lowest BCUT2D eigenvalue weighted by Gasteiger charge is -2.35. The van der Waals surface area contributed by atoms with Crippen LogP contribution in [-0.2, 0) is 0 Å². The van der Waals surface area contributed by atoms with Gasteiger partial charge in [-0.05, 0) is 34.9 Å². The van der Waals surface area contributed by atoms with E-state index in [1.807, 2.05) is 60.7 Å². The molecule has 3 N–H and O–H groups in total. The minimum Gasteiger partial charge on any atom is -0.508 e. The average Bonchev–Trinajstić information content (AvgIpc) is 3.45. The molecular formula is C37H31NO5. The van der Waals surface area contributed by atoms with E-state index in [-0.39, 0.29) is 23.3 Å². The maximum absolute atomic E-state index is 10.3. The van der Waals surface area contributed by atoms with Gasteiger partial charge in [0.15, 0.2) is 0 Å². The Morgan fingerprint density at radius 3 is 2.05 bits per heavy atom. The second-order valence-electron chi connectivity index (χ2n) is 10.8. The van der Waals surface area contributed by atoms with Crippen LogP contribution in [0.15, 0.2) is 109 Å². The first-order chi connectivity index (χ1) is 21.1. The summed E-state index contributed by atoms with van der Waals surface area (Å²) >= 11 is 0. The molecule has 5 aromatic carbocycles. The zero-order chi connectivity index (χ0) is 29.5. The normalized spacial score (nSPS) is 16.0. The van der Waals surface area contributed by atoms with Gasteiger partial charge in [0.2, 0.25) is 0 Å². The summed E-state index contributed by atoms with van der Waals surface area (Å²) in [6, 6.07) is 35.2. The van der Waals surface area contributed by atoms with Gasteiger partial charge in [-0.2, -0.15) is 0 Å². The third-order valence-electron chi connectivity index (χ3n) is 8.39. The summed E-state index contributed by atoms with van der Waals surface area (Å²) in [5, 5.41) is 21.4. The van der Waals surface area contributed by atoms with Gasteiger partial charge in [-0.25, -0.2) is 0 Å². The summed E-state index contributed by atoms with van der Waals surface area (Å²) in [6.07, 6.45) is 0. The smallest absolute Gasteiger partial charge is 0.132 e. The third kappa shape index (κ3) is 4.52. The Morgan fingerprint density at radius 1 is 0.721 bits per heavy atom. The van der Waals surface area contributed by atoms with E-state index in [0.717, 1.165) is 50.0 Å². The van der Waals surface area contributed by atoms with E-state index in [9.17, 15) is 10.2 Å². The molecular weight excluding hydrogens is 538 g/mol. The van der Waals surface area contributed by atoms with Crippen LogP contribution in [0.3, 0.4) is 0 Å². The molecule has 6 heteroatoms. The molecule has 0 radical (unpaired) electrons. The SMILES string of the molecule is COc1cc(OC)c2c(-c3ccccc3)c(-c3ccccc3)[nH]c2c1[C@H]1c2ccc(O)cc2OC[C@@H]1c1ccc(O)cc1. The molecule has 0 unspecified atom stereocenters. The number of hydrogen-bond acceptors (Lipinski definition) is 5. The van der Waals surface area contributed by atoms with Crippen LogP contribution in [-0.4, -0.2) is 36.0 Å². The van der Waals surface area contributed by atoms with Crippen molar-refractivity contribution in [1.29, 1.82) is 0 Å². The van der Waals surface area contributed by atoms with Gasteiger partial charge in [0.1, 0.15) is 28.7 Å². The molecule has 0 amide bonds. The van der Waals surface area contributed by atoms with Crippen molar-refractivity contribution in [3.05, 3.63) is 126 Å². The van der Waals surface area contributed by atoms with Crippen molar-refractivity contribution >= 4 is 10.9 Å². The monoisotopic (exact) mass is 569 g/mol. The van der Waals surface area contributed by atoms with Gasteiger partial charge in [-0.1, -0.05) is 78.9 Å². The molecule has 0 saturated carbocycles. The first-order valence-electron chi connectivity index (χ1n) is 14.2. The fourth-order valence-corrected chi connectivity index (χ4v) is 6.46. The maximum Gasteiger partial charge on any atom is 0.132 e. The van der Waals surface area contributed by atoms with E-state index in [1.54, 1.807) is 38.5 Å². The highest BCUT2D eigenvalue weighted by atomic mass is 16.5. The number of H-pyrrole nitrogens is 1. The highest BCUT2D eigenvalue weighted by Gasteiger charge is 2.38. The van der Waals surface area contributed by atoms with Gasteiger partial charge in [0.25, 0.3) is 0 Å². The molecule has 0 spiro atoms. The Hall–Kier alpha value is -5.36. The average molecular weight is 570 g/mol. The van der Waals surface area contributed by atoms with Crippen molar-refractivity contribution in [2.24, 2.45) is 0 Å². The molecule has 6 aromatic rings. The van der Waals surface area contributed by atoms with Crippen LogP contribution < -0.4 is 14.2 Å². The molecule has 1 aliphatic rings. The number of hydrogen-bond donors (Lipinski definition) is 3. The van der Waals surface area contributed by atoms with Crippen molar-refractivity contribution in [1.82, 2.24) is 4.98 Å². The van der Waals surface area contributed by atoms with Crippen molar-refractivity contribution < 1.29 is 24.4 Å². The van der Waals surface area contributed by atoms with Crippen LogP contribution in [0, 0.1) is 0 Å². The molecule has 2 heterocycles. The number of aromatic amines is 1. The minimum atomic E-state index is -0.219. The standard InChI is InChI=1S/C37H31NO5/c1-41-30-20-31(42-2)35(33-27-18-17-26(40)19-29(27)43-21-28(33)22-13-15-25(39)16-14-22)37-34(30)32(23-9-5-3-6-10-23)36(38-37)24-11-7-4-8-12-24/h3-20,28,33,38-40H,21H2,1-2H3/t28-,33+/m1/s1. The van der Waals surface area contributed by atoms with Crippen molar-refractivity contribution in [3.8, 4) is 51.1 Å². The summed E-state index contributed by atoms with van der Waals surface area (Å²) in [7, 11) is 3.36. The highest BCUT2D eigenvalue weighted by Crippen LogP contribution is 2.54. The van der Waals surface area contributed by atoms with Crippen LogP contribution >= 0.6 is 0 Å². The number of benzene rings is 5. The topological polar surface area (TPSA) is 83.9 Å².